The second-order valence-corrected chi connectivity index (χ2v) is 6.23. The average Bonchev–Trinajstić information content (AvgIpc) is 2.60. The highest BCUT2D eigenvalue weighted by Crippen LogP contribution is 2.29. The molecule has 26 heavy (non-hydrogen) atoms. The Kier molecular flexibility index (Phi) is 5.89. The summed E-state index contributed by atoms with van der Waals surface area (Å²) < 4.78 is 38.2. The van der Waals surface area contributed by atoms with Crippen LogP contribution in [0.5, 0.6) is 0 Å². The van der Waals surface area contributed by atoms with Crippen LogP contribution in [0.2, 0.25) is 0 Å². The predicted molar refractivity (Wildman–Crippen MR) is 85.3 cm³/mol. The van der Waals surface area contributed by atoms with Gasteiger partial charge in [0, 0.05) is 25.7 Å². The van der Waals surface area contributed by atoms with E-state index in [9.17, 15) is 27.6 Å². The van der Waals surface area contributed by atoms with Gasteiger partial charge in [-0.1, -0.05) is 6.07 Å². The van der Waals surface area contributed by atoms with Crippen LogP contribution < -0.4 is 0 Å². The summed E-state index contributed by atoms with van der Waals surface area (Å²) in [6.07, 6.45) is -3.88. The highest BCUT2D eigenvalue weighted by atomic mass is 19.4. The van der Waals surface area contributed by atoms with Gasteiger partial charge in [0.1, 0.15) is 0 Å². The maximum absolute atomic E-state index is 12.7. The first-order valence-corrected chi connectivity index (χ1v) is 8.03. The zero-order chi connectivity index (χ0) is 19.5. The minimum absolute atomic E-state index is 0.153. The van der Waals surface area contributed by atoms with Crippen molar-refractivity contribution in [1.82, 2.24) is 9.80 Å². The molecule has 0 bridgehead atoms. The van der Waals surface area contributed by atoms with E-state index in [2.05, 4.69) is 0 Å². The number of piperidine rings is 1. The lowest BCUT2D eigenvalue weighted by Gasteiger charge is -2.31. The summed E-state index contributed by atoms with van der Waals surface area (Å²) in [7, 11) is 1.34. The van der Waals surface area contributed by atoms with Gasteiger partial charge in [-0.05, 0) is 31.0 Å². The van der Waals surface area contributed by atoms with Crippen molar-refractivity contribution in [2.24, 2.45) is 5.92 Å². The summed E-state index contributed by atoms with van der Waals surface area (Å²) in [6.45, 7) is 0.273. The van der Waals surface area contributed by atoms with Gasteiger partial charge in [-0.3, -0.25) is 14.4 Å². The molecule has 0 saturated carbocycles. The van der Waals surface area contributed by atoms with Crippen LogP contribution >= 0.6 is 0 Å². The normalized spacial score (nSPS) is 15.6. The van der Waals surface area contributed by atoms with E-state index in [1.165, 1.54) is 18.0 Å². The summed E-state index contributed by atoms with van der Waals surface area (Å²) >= 11 is 0. The van der Waals surface area contributed by atoms with E-state index >= 15 is 0 Å². The number of amides is 2. The first-order valence-electron chi connectivity index (χ1n) is 8.03. The standard InChI is InChI=1S/C17H19F3N2O4/c1-21(10-14(23)22-7-5-11(6-8-22)16(25)26)15(24)12-3-2-4-13(9-12)17(18,19)20/h2-4,9,11H,5-8,10H2,1H3,(H,25,26). The number of rotatable bonds is 4. The molecule has 1 aromatic carbocycles. The maximum Gasteiger partial charge on any atom is 0.416 e. The van der Waals surface area contributed by atoms with Crippen molar-refractivity contribution in [3.05, 3.63) is 35.4 Å². The molecule has 0 radical (unpaired) electrons. The van der Waals surface area contributed by atoms with E-state index in [0.29, 0.717) is 12.8 Å². The Balaban J connectivity index is 1.97. The molecule has 9 heteroatoms. The molecule has 1 aliphatic rings. The SMILES string of the molecule is CN(CC(=O)N1CCC(C(=O)O)CC1)C(=O)c1cccc(C(F)(F)F)c1. The topological polar surface area (TPSA) is 77.9 Å². The molecule has 0 aromatic heterocycles. The number of hydrogen-bond donors (Lipinski definition) is 1. The third kappa shape index (κ3) is 4.74. The molecule has 1 saturated heterocycles. The van der Waals surface area contributed by atoms with Gasteiger partial charge in [-0.25, -0.2) is 0 Å². The number of nitrogens with zero attached hydrogens (tertiary/aromatic N) is 2. The number of benzene rings is 1. The number of halogens is 3. The van der Waals surface area contributed by atoms with Crippen molar-refractivity contribution in [2.45, 2.75) is 19.0 Å². The van der Waals surface area contributed by atoms with Crippen molar-refractivity contribution in [3.8, 4) is 0 Å². The molecule has 1 fully saturated rings. The van der Waals surface area contributed by atoms with E-state index in [0.717, 1.165) is 23.1 Å². The lowest BCUT2D eigenvalue weighted by Crippen LogP contribution is -2.45. The van der Waals surface area contributed by atoms with Crippen LogP contribution in [0.1, 0.15) is 28.8 Å². The first-order chi connectivity index (χ1) is 12.1. The summed E-state index contributed by atoms with van der Waals surface area (Å²) in [4.78, 5) is 38.0. The van der Waals surface area contributed by atoms with Gasteiger partial charge in [0.25, 0.3) is 5.91 Å². The molecule has 142 valence electrons. The highest BCUT2D eigenvalue weighted by molar-refractivity contribution is 5.96. The molecule has 1 aromatic rings. The number of likely N-dealkylation sites (N-methyl/N-ethyl adjacent to an activating group) is 1. The van der Waals surface area contributed by atoms with Gasteiger partial charge < -0.3 is 14.9 Å². The zero-order valence-corrected chi connectivity index (χ0v) is 14.1. The molecule has 1 heterocycles. The van der Waals surface area contributed by atoms with Crippen LogP contribution in [0.15, 0.2) is 24.3 Å². The summed E-state index contributed by atoms with van der Waals surface area (Å²) in [6, 6.07) is 4.02. The van der Waals surface area contributed by atoms with E-state index in [-0.39, 0.29) is 31.1 Å². The van der Waals surface area contributed by atoms with Crippen LogP contribution in [0.3, 0.4) is 0 Å². The maximum atomic E-state index is 12.7. The fourth-order valence-electron chi connectivity index (χ4n) is 2.80. The van der Waals surface area contributed by atoms with Crippen molar-refractivity contribution in [1.29, 1.82) is 0 Å². The van der Waals surface area contributed by atoms with Crippen molar-refractivity contribution >= 4 is 17.8 Å². The van der Waals surface area contributed by atoms with E-state index in [4.69, 9.17) is 5.11 Å². The van der Waals surface area contributed by atoms with Crippen LogP contribution in [-0.2, 0) is 15.8 Å². The fraction of sp³-hybridized carbons (Fsp3) is 0.471. The number of alkyl halides is 3. The van der Waals surface area contributed by atoms with Crippen molar-refractivity contribution in [2.75, 3.05) is 26.7 Å². The Bertz CT molecular complexity index is 697. The zero-order valence-electron chi connectivity index (χ0n) is 14.1. The number of aliphatic carboxylic acids is 1. The van der Waals surface area contributed by atoms with E-state index in [1.807, 2.05) is 0 Å². The molecule has 0 spiro atoms. The third-order valence-corrected chi connectivity index (χ3v) is 4.35. The lowest BCUT2D eigenvalue weighted by molar-refractivity contribution is -0.145. The second kappa shape index (κ2) is 7.76. The van der Waals surface area contributed by atoms with Crippen LogP contribution in [0.4, 0.5) is 13.2 Å². The van der Waals surface area contributed by atoms with Gasteiger partial charge in [0.15, 0.2) is 0 Å². The number of carboxylic acid groups (broad SMARTS) is 1. The number of likely N-dealkylation sites (tertiary alicyclic amines) is 1. The summed E-state index contributed by atoms with van der Waals surface area (Å²) in [5, 5.41) is 8.95. The minimum atomic E-state index is -4.56. The molecule has 6 nitrogen and oxygen atoms in total. The molecular weight excluding hydrogens is 353 g/mol. The lowest BCUT2D eigenvalue weighted by atomic mass is 9.97. The van der Waals surface area contributed by atoms with E-state index in [1.54, 1.807) is 0 Å². The Morgan fingerprint density at radius 1 is 1.23 bits per heavy atom. The predicted octanol–water partition coefficient (Wildman–Crippen LogP) is 2.10. The summed E-state index contributed by atoms with van der Waals surface area (Å²) in [5.74, 6) is -2.43. The fourth-order valence-corrected chi connectivity index (χ4v) is 2.80. The van der Waals surface area contributed by atoms with Gasteiger partial charge in [-0.2, -0.15) is 13.2 Å². The molecular formula is C17H19F3N2O4. The van der Waals surface area contributed by atoms with Crippen molar-refractivity contribution in [3.63, 3.8) is 0 Å². The quantitative estimate of drug-likeness (QED) is 0.878. The summed E-state index contributed by atoms with van der Waals surface area (Å²) in [5.41, 5.74) is -1.08. The van der Waals surface area contributed by atoms with Crippen molar-refractivity contribution < 1.29 is 32.7 Å². The number of carbonyl (C=O) groups is 3. The third-order valence-electron chi connectivity index (χ3n) is 4.35. The number of hydrogen-bond acceptors (Lipinski definition) is 3. The largest absolute Gasteiger partial charge is 0.481 e. The first kappa shape index (κ1) is 19.7. The highest BCUT2D eigenvalue weighted by Gasteiger charge is 2.32. The van der Waals surface area contributed by atoms with Crippen LogP contribution in [0, 0.1) is 5.92 Å². The molecule has 0 unspecified atom stereocenters. The number of carbonyl (C=O) groups excluding carboxylic acids is 2. The Hall–Kier alpha value is -2.58. The average molecular weight is 372 g/mol. The molecule has 2 amide bonds. The van der Waals surface area contributed by atoms with E-state index < -0.39 is 29.5 Å². The van der Waals surface area contributed by atoms with Crippen LogP contribution in [-0.4, -0.2) is 59.4 Å². The van der Waals surface area contributed by atoms with Gasteiger partial charge in [0.05, 0.1) is 18.0 Å². The minimum Gasteiger partial charge on any atom is -0.481 e. The molecule has 0 atom stereocenters. The van der Waals surface area contributed by atoms with Crippen LogP contribution in [0.25, 0.3) is 0 Å². The Labute approximate surface area is 148 Å². The van der Waals surface area contributed by atoms with Gasteiger partial charge in [0.2, 0.25) is 5.91 Å². The Morgan fingerprint density at radius 3 is 2.38 bits per heavy atom. The van der Waals surface area contributed by atoms with Gasteiger partial charge >= 0.3 is 12.1 Å². The monoisotopic (exact) mass is 372 g/mol. The Morgan fingerprint density at radius 2 is 1.85 bits per heavy atom. The number of carboxylic acids is 1. The van der Waals surface area contributed by atoms with Gasteiger partial charge in [-0.15, -0.1) is 0 Å². The second-order valence-electron chi connectivity index (χ2n) is 6.23. The molecule has 0 aliphatic carbocycles. The molecule has 1 N–H and O–H groups in total. The molecule has 1 aliphatic heterocycles. The smallest absolute Gasteiger partial charge is 0.416 e. The molecule has 2 rings (SSSR count).